The van der Waals surface area contributed by atoms with Gasteiger partial charge in [-0.05, 0) is 18.8 Å². The predicted molar refractivity (Wildman–Crippen MR) is 56.9 cm³/mol. The van der Waals surface area contributed by atoms with Crippen molar-refractivity contribution in [2.45, 2.75) is 19.3 Å². The summed E-state index contributed by atoms with van der Waals surface area (Å²) >= 11 is 0. The van der Waals surface area contributed by atoms with Crippen LogP contribution in [0.5, 0.6) is 0 Å². The molecule has 0 aliphatic heterocycles. The normalized spacial score (nSPS) is 17.1. The lowest BCUT2D eigenvalue weighted by Gasteiger charge is -2.22. The highest BCUT2D eigenvalue weighted by atomic mass is 35.5. The molecule has 0 amide bonds. The lowest BCUT2D eigenvalue weighted by molar-refractivity contribution is 0.326. The molecule has 1 aliphatic carbocycles. The average Bonchev–Trinajstić information content (AvgIpc) is 1.81. The zero-order chi connectivity index (χ0) is 8.97. The molecule has 6 heteroatoms. The Morgan fingerprint density at radius 2 is 1.85 bits per heavy atom. The van der Waals surface area contributed by atoms with E-state index in [0.29, 0.717) is 5.92 Å². The van der Waals surface area contributed by atoms with E-state index in [1.165, 1.54) is 19.3 Å². The van der Waals surface area contributed by atoms with Crippen LogP contribution in [0, 0.1) is 5.92 Å². The van der Waals surface area contributed by atoms with E-state index in [4.69, 9.17) is 17.2 Å². The summed E-state index contributed by atoms with van der Waals surface area (Å²) in [5, 5.41) is 0. The second-order valence-electron chi connectivity index (χ2n) is 3.03. The zero-order valence-electron chi connectivity index (χ0n) is 7.44. The molecule has 0 atom stereocenters. The second-order valence-corrected chi connectivity index (χ2v) is 3.03. The number of rotatable bonds is 2. The Hall–Kier alpha value is -0.970. The van der Waals surface area contributed by atoms with E-state index in [2.05, 4.69) is 9.98 Å². The third-order valence-electron chi connectivity index (χ3n) is 1.98. The van der Waals surface area contributed by atoms with Crippen molar-refractivity contribution in [2.24, 2.45) is 33.1 Å². The number of nitrogens with zero attached hydrogens (tertiary/aromatic N) is 2. The molecule has 76 valence electrons. The molecule has 1 saturated carbocycles. The molecule has 0 aromatic rings. The Labute approximate surface area is 83.9 Å². The Kier molecular flexibility index (Phi) is 5.22. The van der Waals surface area contributed by atoms with Crippen LogP contribution in [-0.2, 0) is 0 Å². The number of nitrogens with two attached hydrogens (primary N) is 3. The third kappa shape index (κ3) is 4.57. The molecule has 6 N–H and O–H groups in total. The lowest BCUT2D eigenvalue weighted by Crippen LogP contribution is -2.27. The molecule has 1 aliphatic rings. The summed E-state index contributed by atoms with van der Waals surface area (Å²) < 4.78 is 0. The van der Waals surface area contributed by atoms with Gasteiger partial charge < -0.3 is 17.2 Å². The highest BCUT2D eigenvalue weighted by Gasteiger charge is 2.16. The van der Waals surface area contributed by atoms with Gasteiger partial charge in [-0.25, -0.2) is 0 Å². The van der Waals surface area contributed by atoms with Crippen LogP contribution in [0.3, 0.4) is 0 Å². The maximum Gasteiger partial charge on any atom is 0.218 e. The van der Waals surface area contributed by atoms with Crippen molar-refractivity contribution < 1.29 is 0 Å². The maximum atomic E-state index is 5.40. The molecule has 0 heterocycles. The van der Waals surface area contributed by atoms with Gasteiger partial charge in [0.1, 0.15) is 0 Å². The fraction of sp³-hybridized carbons (Fsp3) is 0.714. The average molecular weight is 206 g/mol. The number of halogens is 1. The number of guanidine groups is 2. The monoisotopic (exact) mass is 205 g/mol. The standard InChI is InChI=1S/C7H15N5.ClH/c8-6(9)12-7(10)11-4-5-2-1-3-5;/h5H,1-4H2,(H6,8,9,10,11,12);1H. The van der Waals surface area contributed by atoms with E-state index < -0.39 is 0 Å². The van der Waals surface area contributed by atoms with Gasteiger partial charge in [-0.3, -0.25) is 4.99 Å². The molecule has 13 heavy (non-hydrogen) atoms. The molecule has 0 aromatic carbocycles. The molecule has 0 unspecified atom stereocenters. The van der Waals surface area contributed by atoms with Crippen molar-refractivity contribution >= 4 is 24.3 Å². The fourth-order valence-corrected chi connectivity index (χ4v) is 1.07. The molecule has 1 fully saturated rings. The second kappa shape index (κ2) is 5.64. The summed E-state index contributed by atoms with van der Waals surface area (Å²) in [5.41, 5.74) is 15.6. The minimum atomic E-state index is -0.0372. The predicted octanol–water partition coefficient (Wildman–Crippen LogP) is -0.204. The van der Waals surface area contributed by atoms with Gasteiger partial charge in [0.05, 0.1) is 0 Å². The van der Waals surface area contributed by atoms with Crippen LogP contribution in [0.1, 0.15) is 19.3 Å². The Bertz CT molecular complexity index is 205. The van der Waals surface area contributed by atoms with Crippen LogP contribution in [0.2, 0.25) is 0 Å². The fourth-order valence-electron chi connectivity index (χ4n) is 1.07. The minimum absolute atomic E-state index is 0. The Balaban J connectivity index is 0.00000144. The summed E-state index contributed by atoms with van der Waals surface area (Å²) in [6, 6.07) is 0. The number of hydrogen-bond acceptors (Lipinski definition) is 1. The van der Waals surface area contributed by atoms with E-state index in [1.807, 2.05) is 0 Å². The van der Waals surface area contributed by atoms with E-state index in [0.717, 1.165) is 6.54 Å². The third-order valence-corrected chi connectivity index (χ3v) is 1.98. The SMILES string of the molecule is Cl.NC(N)=NC(N)=NCC1CCC1. The molecular weight excluding hydrogens is 190 g/mol. The van der Waals surface area contributed by atoms with Crippen molar-refractivity contribution in [3.8, 4) is 0 Å². The molecule has 0 aromatic heterocycles. The first-order valence-electron chi connectivity index (χ1n) is 4.08. The topological polar surface area (TPSA) is 103 Å². The largest absolute Gasteiger partial charge is 0.370 e. The summed E-state index contributed by atoms with van der Waals surface area (Å²) in [6.45, 7) is 0.753. The van der Waals surface area contributed by atoms with Crippen LogP contribution in [0.25, 0.3) is 0 Å². The van der Waals surface area contributed by atoms with Crippen molar-refractivity contribution in [1.82, 2.24) is 0 Å². The molecule has 0 spiro atoms. The quantitative estimate of drug-likeness (QED) is 0.430. The maximum absolute atomic E-state index is 5.40. The van der Waals surface area contributed by atoms with Gasteiger partial charge >= 0.3 is 0 Å². The van der Waals surface area contributed by atoms with Crippen LogP contribution < -0.4 is 17.2 Å². The van der Waals surface area contributed by atoms with Gasteiger partial charge in [-0.15, -0.1) is 12.4 Å². The highest BCUT2D eigenvalue weighted by molar-refractivity contribution is 5.92. The van der Waals surface area contributed by atoms with Gasteiger partial charge in [0, 0.05) is 6.54 Å². The van der Waals surface area contributed by atoms with Crippen molar-refractivity contribution in [1.29, 1.82) is 0 Å². The van der Waals surface area contributed by atoms with Gasteiger partial charge in [0.2, 0.25) is 5.96 Å². The van der Waals surface area contributed by atoms with Gasteiger partial charge in [-0.1, -0.05) is 6.42 Å². The minimum Gasteiger partial charge on any atom is -0.370 e. The molecule has 1 rings (SSSR count). The molecule has 0 radical (unpaired) electrons. The first kappa shape index (κ1) is 12.0. The van der Waals surface area contributed by atoms with Crippen molar-refractivity contribution in [3.05, 3.63) is 0 Å². The zero-order valence-corrected chi connectivity index (χ0v) is 8.26. The van der Waals surface area contributed by atoms with Crippen LogP contribution in [0.15, 0.2) is 9.98 Å². The van der Waals surface area contributed by atoms with Crippen LogP contribution in [-0.4, -0.2) is 18.5 Å². The van der Waals surface area contributed by atoms with Crippen LogP contribution >= 0.6 is 12.4 Å². The first-order valence-corrected chi connectivity index (χ1v) is 4.08. The van der Waals surface area contributed by atoms with E-state index in [9.17, 15) is 0 Å². The number of hydrogen-bond donors (Lipinski definition) is 3. The molecule has 0 bridgehead atoms. The van der Waals surface area contributed by atoms with E-state index in [-0.39, 0.29) is 24.3 Å². The highest BCUT2D eigenvalue weighted by Crippen LogP contribution is 2.26. The first-order chi connectivity index (χ1) is 5.68. The lowest BCUT2D eigenvalue weighted by atomic mass is 9.86. The molecule has 0 saturated heterocycles. The summed E-state index contributed by atoms with van der Waals surface area (Å²) in [4.78, 5) is 7.64. The number of aliphatic imine (C=N–C) groups is 2. The van der Waals surface area contributed by atoms with E-state index in [1.54, 1.807) is 0 Å². The van der Waals surface area contributed by atoms with Crippen LogP contribution in [0.4, 0.5) is 0 Å². The van der Waals surface area contributed by atoms with E-state index >= 15 is 0 Å². The van der Waals surface area contributed by atoms with Crippen molar-refractivity contribution in [2.75, 3.05) is 6.54 Å². The summed E-state index contributed by atoms with van der Waals surface area (Å²) in [6.07, 6.45) is 3.81. The molecule has 5 nitrogen and oxygen atoms in total. The van der Waals surface area contributed by atoms with Gasteiger partial charge in [0.25, 0.3) is 0 Å². The molecular formula is C7H16ClN5. The smallest absolute Gasteiger partial charge is 0.218 e. The Morgan fingerprint density at radius 3 is 2.23 bits per heavy atom. The summed E-state index contributed by atoms with van der Waals surface area (Å²) in [5.74, 6) is 0.838. The van der Waals surface area contributed by atoms with Gasteiger partial charge in [-0.2, -0.15) is 4.99 Å². The Morgan fingerprint density at radius 1 is 1.23 bits per heavy atom. The van der Waals surface area contributed by atoms with Gasteiger partial charge in [0.15, 0.2) is 5.96 Å². The summed E-state index contributed by atoms with van der Waals surface area (Å²) in [7, 11) is 0. The van der Waals surface area contributed by atoms with Crippen molar-refractivity contribution in [3.63, 3.8) is 0 Å².